The van der Waals surface area contributed by atoms with Gasteiger partial charge >= 0.3 is 0 Å². The largest absolute Gasteiger partial charge is 0.504 e. The molecule has 0 saturated carbocycles. The number of phenols is 2. The molecule has 0 spiro atoms. The van der Waals surface area contributed by atoms with Crippen molar-refractivity contribution in [1.29, 1.82) is 0 Å². The molecule has 98 valence electrons. The van der Waals surface area contributed by atoms with Crippen molar-refractivity contribution >= 4 is 11.9 Å². The molecular weight excluding hydrogens is 232 g/mol. The Balaban J connectivity index is 2.62. The molecule has 6 N–H and O–H groups in total. The molecule has 1 aromatic carbocycles. The molecule has 18 heavy (non-hydrogen) atoms. The monoisotopic (exact) mass is 250 g/mol. The molecule has 1 atom stereocenters. The average molecular weight is 250 g/mol. The Bertz CT molecular complexity index is 444. The molecule has 0 aliphatic rings. The van der Waals surface area contributed by atoms with Crippen LogP contribution >= 0.6 is 0 Å². The van der Waals surface area contributed by atoms with Gasteiger partial charge in [-0.2, -0.15) is 0 Å². The third kappa shape index (κ3) is 4.20. The van der Waals surface area contributed by atoms with Crippen LogP contribution in [0.4, 0.5) is 0 Å². The van der Waals surface area contributed by atoms with Crippen LogP contribution in [0.25, 0.3) is 6.08 Å². The molecule has 1 unspecified atom stereocenters. The summed E-state index contributed by atoms with van der Waals surface area (Å²) in [5.74, 6) is -0.605. The predicted molar refractivity (Wildman–Crippen MR) is 70.1 cm³/mol. The van der Waals surface area contributed by atoms with Gasteiger partial charge in [0.15, 0.2) is 17.3 Å². The molecule has 1 aromatic rings. The van der Waals surface area contributed by atoms with E-state index in [0.717, 1.165) is 0 Å². The van der Waals surface area contributed by atoms with Gasteiger partial charge in [-0.15, -0.1) is 0 Å². The lowest BCUT2D eigenvalue weighted by atomic mass is 10.1. The molecule has 0 heterocycles. The molecule has 0 aliphatic carbocycles. The Morgan fingerprint density at radius 1 is 1.33 bits per heavy atom. The lowest BCUT2D eigenvalue weighted by Crippen LogP contribution is -2.29. The van der Waals surface area contributed by atoms with Crippen LogP contribution in [0.15, 0.2) is 24.3 Å². The molecule has 5 nitrogen and oxygen atoms in total. The third-order valence-electron chi connectivity index (χ3n) is 2.52. The maximum atomic E-state index is 11.6. The Labute approximate surface area is 106 Å². The molecule has 0 bridgehead atoms. The van der Waals surface area contributed by atoms with Gasteiger partial charge in [0.25, 0.3) is 0 Å². The Kier molecular flexibility index (Phi) is 5.35. The van der Waals surface area contributed by atoms with Crippen molar-refractivity contribution in [2.24, 2.45) is 11.5 Å². The van der Waals surface area contributed by atoms with E-state index in [0.29, 0.717) is 24.9 Å². The molecule has 0 fully saturated rings. The number of carbonyl (C=O) groups excluding carboxylic acids is 1. The Hall–Kier alpha value is -1.85. The van der Waals surface area contributed by atoms with Gasteiger partial charge in [-0.3, -0.25) is 4.79 Å². The van der Waals surface area contributed by atoms with Crippen molar-refractivity contribution in [3.05, 3.63) is 29.8 Å². The number of aromatic hydroxyl groups is 2. The van der Waals surface area contributed by atoms with Crippen molar-refractivity contribution in [1.82, 2.24) is 0 Å². The highest BCUT2D eigenvalue weighted by molar-refractivity contribution is 5.97. The summed E-state index contributed by atoms with van der Waals surface area (Å²) in [6.07, 6.45) is 4.18. The van der Waals surface area contributed by atoms with Gasteiger partial charge in [-0.05, 0) is 43.2 Å². The average Bonchev–Trinajstić information content (AvgIpc) is 2.36. The number of hydrogen-bond acceptors (Lipinski definition) is 5. The van der Waals surface area contributed by atoms with E-state index in [1.807, 2.05) is 0 Å². The second-order valence-corrected chi connectivity index (χ2v) is 4.02. The summed E-state index contributed by atoms with van der Waals surface area (Å²) in [6, 6.07) is 3.76. The highest BCUT2D eigenvalue weighted by Gasteiger charge is 2.09. The minimum Gasteiger partial charge on any atom is -0.504 e. The Morgan fingerprint density at radius 2 is 2.06 bits per heavy atom. The first-order valence-electron chi connectivity index (χ1n) is 5.74. The molecular formula is C13H18N2O3. The van der Waals surface area contributed by atoms with E-state index in [4.69, 9.17) is 16.6 Å². The smallest absolute Gasteiger partial charge is 0.172 e. The third-order valence-corrected chi connectivity index (χ3v) is 2.52. The van der Waals surface area contributed by atoms with E-state index in [-0.39, 0.29) is 17.3 Å². The lowest BCUT2D eigenvalue weighted by molar-refractivity contribution is -0.115. The van der Waals surface area contributed by atoms with Crippen LogP contribution in [0.1, 0.15) is 18.4 Å². The summed E-state index contributed by atoms with van der Waals surface area (Å²) in [4.78, 5) is 11.6. The van der Waals surface area contributed by atoms with Crippen molar-refractivity contribution < 1.29 is 15.0 Å². The SMILES string of the molecule is NCCCC(N)C(=O)C=Cc1ccc(O)c(O)c1. The quantitative estimate of drug-likeness (QED) is 0.440. The van der Waals surface area contributed by atoms with Crippen LogP contribution in [-0.2, 0) is 4.79 Å². The number of benzene rings is 1. The zero-order chi connectivity index (χ0) is 13.5. The van der Waals surface area contributed by atoms with Crippen molar-refractivity contribution in [2.75, 3.05) is 6.54 Å². The maximum absolute atomic E-state index is 11.6. The van der Waals surface area contributed by atoms with E-state index in [1.54, 1.807) is 12.1 Å². The fraction of sp³-hybridized carbons (Fsp3) is 0.308. The first-order chi connectivity index (χ1) is 8.54. The van der Waals surface area contributed by atoms with Crippen LogP contribution in [0.3, 0.4) is 0 Å². The van der Waals surface area contributed by atoms with E-state index in [9.17, 15) is 9.90 Å². The van der Waals surface area contributed by atoms with Gasteiger partial charge in [-0.25, -0.2) is 0 Å². The fourth-order valence-electron chi connectivity index (χ4n) is 1.43. The molecule has 5 heteroatoms. The molecule has 0 amide bonds. The zero-order valence-electron chi connectivity index (χ0n) is 10.0. The van der Waals surface area contributed by atoms with Crippen molar-refractivity contribution in [3.8, 4) is 11.5 Å². The topological polar surface area (TPSA) is 110 Å². The summed E-state index contributed by atoms with van der Waals surface area (Å²) in [5.41, 5.74) is 11.6. The van der Waals surface area contributed by atoms with Gasteiger partial charge < -0.3 is 21.7 Å². The predicted octanol–water partition coefficient (Wildman–Crippen LogP) is 0.746. The van der Waals surface area contributed by atoms with E-state index in [2.05, 4.69) is 0 Å². The molecule has 0 saturated heterocycles. The molecule has 0 radical (unpaired) electrons. The lowest BCUT2D eigenvalue weighted by Gasteiger charge is -2.06. The molecule has 1 rings (SSSR count). The second kappa shape index (κ2) is 6.78. The van der Waals surface area contributed by atoms with E-state index in [1.165, 1.54) is 18.2 Å². The highest BCUT2D eigenvalue weighted by Crippen LogP contribution is 2.25. The molecule has 0 aliphatic heterocycles. The van der Waals surface area contributed by atoms with E-state index < -0.39 is 6.04 Å². The number of ketones is 1. The van der Waals surface area contributed by atoms with Gasteiger partial charge in [0.2, 0.25) is 0 Å². The van der Waals surface area contributed by atoms with Gasteiger partial charge in [0.1, 0.15) is 0 Å². The van der Waals surface area contributed by atoms with Gasteiger partial charge in [-0.1, -0.05) is 12.1 Å². The first-order valence-corrected chi connectivity index (χ1v) is 5.74. The van der Waals surface area contributed by atoms with Gasteiger partial charge in [0, 0.05) is 0 Å². The van der Waals surface area contributed by atoms with Crippen LogP contribution in [0, 0.1) is 0 Å². The van der Waals surface area contributed by atoms with Crippen LogP contribution < -0.4 is 11.5 Å². The van der Waals surface area contributed by atoms with Crippen LogP contribution in [-0.4, -0.2) is 28.6 Å². The standard InChI is InChI=1S/C13H18N2O3/c14-7-1-2-10(15)11(16)5-3-9-4-6-12(17)13(18)8-9/h3-6,8,10,17-18H,1-2,7,14-15H2. The first kappa shape index (κ1) is 14.2. The number of nitrogens with two attached hydrogens (primary N) is 2. The number of hydrogen-bond donors (Lipinski definition) is 4. The summed E-state index contributed by atoms with van der Waals surface area (Å²) >= 11 is 0. The summed E-state index contributed by atoms with van der Waals surface area (Å²) < 4.78 is 0. The van der Waals surface area contributed by atoms with Gasteiger partial charge in [0.05, 0.1) is 6.04 Å². The number of phenolic OH excluding ortho intramolecular Hbond substituents is 2. The summed E-state index contributed by atoms with van der Waals surface area (Å²) in [6.45, 7) is 0.510. The number of rotatable bonds is 6. The van der Waals surface area contributed by atoms with Crippen LogP contribution in [0.2, 0.25) is 0 Å². The maximum Gasteiger partial charge on any atom is 0.172 e. The fourth-order valence-corrected chi connectivity index (χ4v) is 1.43. The normalized spacial score (nSPS) is 12.8. The minimum atomic E-state index is -0.546. The van der Waals surface area contributed by atoms with Crippen molar-refractivity contribution in [3.63, 3.8) is 0 Å². The number of carbonyl (C=O) groups is 1. The second-order valence-electron chi connectivity index (χ2n) is 4.02. The molecule has 0 aromatic heterocycles. The van der Waals surface area contributed by atoms with Crippen LogP contribution in [0.5, 0.6) is 11.5 Å². The summed E-state index contributed by atoms with van der Waals surface area (Å²) in [5, 5.41) is 18.4. The highest BCUT2D eigenvalue weighted by atomic mass is 16.3. The Morgan fingerprint density at radius 3 is 2.67 bits per heavy atom. The van der Waals surface area contributed by atoms with Crippen molar-refractivity contribution in [2.45, 2.75) is 18.9 Å². The minimum absolute atomic E-state index is 0.184. The summed E-state index contributed by atoms with van der Waals surface area (Å²) in [7, 11) is 0. The zero-order valence-corrected chi connectivity index (χ0v) is 10.0. The van der Waals surface area contributed by atoms with E-state index >= 15 is 0 Å².